The fraction of sp³-hybridized carbons (Fsp3) is 0.214. The van der Waals surface area contributed by atoms with Crippen molar-refractivity contribution < 1.29 is 19.1 Å². The first kappa shape index (κ1) is 16.7. The Balaban J connectivity index is 2.50. The Morgan fingerprint density at radius 1 is 1.00 bits per heavy atom. The highest BCUT2D eigenvalue weighted by Gasteiger charge is 2.37. The van der Waals surface area contributed by atoms with Gasteiger partial charge in [-0.1, -0.05) is 0 Å². The predicted octanol–water partition coefficient (Wildman–Crippen LogP) is 2.65. The summed E-state index contributed by atoms with van der Waals surface area (Å²) >= 11 is 6.71. The van der Waals surface area contributed by atoms with Gasteiger partial charge in [-0.2, -0.15) is 0 Å². The van der Waals surface area contributed by atoms with Gasteiger partial charge in [-0.25, -0.2) is 4.79 Å². The van der Waals surface area contributed by atoms with Crippen molar-refractivity contribution in [1.29, 1.82) is 0 Å². The van der Waals surface area contributed by atoms with E-state index in [4.69, 9.17) is 4.74 Å². The van der Waals surface area contributed by atoms with Gasteiger partial charge in [0.05, 0.1) is 16.1 Å². The summed E-state index contributed by atoms with van der Waals surface area (Å²) < 4.78 is 6.54. The molecule has 1 aromatic carbocycles. The van der Waals surface area contributed by atoms with Crippen LogP contribution >= 0.6 is 31.9 Å². The van der Waals surface area contributed by atoms with E-state index in [2.05, 4.69) is 31.9 Å². The summed E-state index contributed by atoms with van der Waals surface area (Å²) in [6, 6.07) is 2.78. The molecule has 0 atom stereocenters. The van der Waals surface area contributed by atoms with Crippen molar-refractivity contribution >= 4 is 55.8 Å². The van der Waals surface area contributed by atoms with Crippen LogP contribution in [0.3, 0.4) is 0 Å². The molecule has 0 saturated carbocycles. The first-order chi connectivity index (χ1) is 10.3. The van der Waals surface area contributed by atoms with Crippen LogP contribution in [-0.2, 0) is 9.59 Å². The molecule has 1 aliphatic heterocycles. The first-order valence-electron chi connectivity index (χ1n) is 6.12. The lowest BCUT2D eigenvalue weighted by molar-refractivity contribution is -0.134. The van der Waals surface area contributed by atoms with Crippen molar-refractivity contribution in [3.63, 3.8) is 0 Å². The van der Waals surface area contributed by atoms with Crippen LogP contribution in [0, 0.1) is 0 Å². The molecule has 2 rings (SSSR count). The van der Waals surface area contributed by atoms with Crippen LogP contribution in [0.5, 0.6) is 5.75 Å². The number of imide groups is 2. The van der Waals surface area contributed by atoms with Gasteiger partial charge in [-0.15, -0.1) is 0 Å². The lowest BCUT2D eigenvalue weighted by atomic mass is 10.1. The fourth-order valence-corrected chi connectivity index (χ4v) is 3.55. The molecule has 22 heavy (non-hydrogen) atoms. The zero-order valence-electron chi connectivity index (χ0n) is 12.0. The molecule has 1 heterocycles. The van der Waals surface area contributed by atoms with Crippen LogP contribution in [0.15, 0.2) is 26.7 Å². The van der Waals surface area contributed by atoms with Gasteiger partial charge in [0.25, 0.3) is 11.8 Å². The Kier molecular flexibility index (Phi) is 4.72. The summed E-state index contributed by atoms with van der Waals surface area (Å²) in [5.74, 6) is -0.653. The van der Waals surface area contributed by atoms with Crippen LogP contribution in [0.25, 0.3) is 6.08 Å². The van der Waals surface area contributed by atoms with Crippen LogP contribution in [-0.4, -0.2) is 48.9 Å². The monoisotopic (exact) mass is 430 g/mol. The van der Waals surface area contributed by atoms with Crippen molar-refractivity contribution in [3.8, 4) is 5.75 Å². The molecule has 1 saturated heterocycles. The molecule has 0 unspecified atom stereocenters. The highest BCUT2D eigenvalue weighted by atomic mass is 79.9. The SMILES string of the molecule is COc1c(Br)cc(C=C2C(=O)N(C)C(=O)N(C)C2=O)cc1Br. The largest absolute Gasteiger partial charge is 0.494 e. The maximum Gasteiger partial charge on any atom is 0.333 e. The summed E-state index contributed by atoms with van der Waals surface area (Å²) in [7, 11) is 4.20. The highest BCUT2D eigenvalue weighted by Crippen LogP contribution is 2.35. The van der Waals surface area contributed by atoms with E-state index in [0.29, 0.717) is 20.3 Å². The van der Waals surface area contributed by atoms with E-state index in [1.54, 1.807) is 12.1 Å². The molecule has 0 N–H and O–H groups in total. The van der Waals surface area contributed by atoms with Crippen molar-refractivity contribution in [2.75, 3.05) is 21.2 Å². The van der Waals surface area contributed by atoms with E-state index in [0.717, 1.165) is 9.80 Å². The van der Waals surface area contributed by atoms with Crippen LogP contribution in [0.4, 0.5) is 4.79 Å². The normalized spacial score (nSPS) is 15.5. The summed E-state index contributed by atoms with van der Waals surface area (Å²) in [5, 5.41) is 0. The van der Waals surface area contributed by atoms with Gasteiger partial charge in [0.2, 0.25) is 0 Å². The molecule has 1 fully saturated rings. The van der Waals surface area contributed by atoms with Gasteiger partial charge in [0.15, 0.2) is 0 Å². The number of benzene rings is 1. The number of barbiturate groups is 1. The number of methoxy groups -OCH3 is 1. The second-order valence-corrected chi connectivity index (χ2v) is 6.30. The minimum absolute atomic E-state index is 0.0754. The second-order valence-electron chi connectivity index (χ2n) is 4.59. The van der Waals surface area contributed by atoms with Crippen LogP contribution in [0.2, 0.25) is 0 Å². The lowest BCUT2D eigenvalue weighted by Crippen LogP contribution is -2.52. The minimum Gasteiger partial charge on any atom is -0.494 e. The van der Waals surface area contributed by atoms with Crippen molar-refractivity contribution in [1.82, 2.24) is 9.80 Å². The number of likely N-dealkylation sites (N-methyl/N-ethyl adjacent to an activating group) is 2. The van der Waals surface area contributed by atoms with Gasteiger partial charge >= 0.3 is 6.03 Å². The highest BCUT2D eigenvalue weighted by molar-refractivity contribution is 9.11. The fourth-order valence-electron chi connectivity index (χ4n) is 2.00. The number of rotatable bonds is 2. The topological polar surface area (TPSA) is 66.9 Å². The van der Waals surface area contributed by atoms with E-state index in [-0.39, 0.29) is 5.57 Å². The van der Waals surface area contributed by atoms with Crippen LogP contribution in [0.1, 0.15) is 5.56 Å². The Labute approximate surface area is 144 Å². The number of amides is 4. The van der Waals surface area contributed by atoms with Crippen LogP contribution < -0.4 is 4.74 Å². The molecular formula is C14H12Br2N2O4. The van der Waals surface area contributed by atoms with Gasteiger partial charge in [0.1, 0.15) is 11.3 Å². The molecule has 1 aliphatic rings. The second kappa shape index (κ2) is 6.21. The lowest BCUT2D eigenvalue weighted by Gasteiger charge is -2.28. The number of ether oxygens (including phenoxy) is 1. The third-order valence-electron chi connectivity index (χ3n) is 3.18. The summed E-state index contributed by atoms with van der Waals surface area (Å²) in [6.45, 7) is 0. The molecule has 0 bridgehead atoms. The summed E-state index contributed by atoms with van der Waals surface area (Å²) in [4.78, 5) is 37.8. The Hall–Kier alpha value is -1.67. The first-order valence-corrected chi connectivity index (χ1v) is 7.71. The predicted molar refractivity (Wildman–Crippen MR) is 87.3 cm³/mol. The number of halogens is 2. The van der Waals surface area contributed by atoms with Crippen molar-refractivity contribution in [3.05, 3.63) is 32.2 Å². The molecule has 8 heteroatoms. The van der Waals surface area contributed by atoms with E-state index < -0.39 is 17.8 Å². The maximum atomic E-state index is 12.1. The standard InChI is InChI=1S/C14H12Br2N2O4/c1-17-12(19)8(13(20)18(2)14(17)21)4-7-5-9(15)11(22-3)10(16)6-7/h4-6H,1-3H3. The van der Waals surface area contributed by atoms with Gasteiger partial charge in [0, 0.05) is 14.1 Å². The third kappa shape index (κ3) is 2.80. The molecule has 116 valence electrons. The number of urea groups is 1. The number of hydrogen-bond acceptors (Lipinski definition) is 4. The van der Waals surface area contributed by atoms with Gasteiger partial charge < -0.3 is 4.74 Å². The average molecular weight is 432 g/mol. The van der Waals surface area contributed by atoms with E-state index in [1.165, 1.54) is 27.3 Å². The molecule has 0 radical (unpaired) electrons. The van der Waals surface area contributed by atoms with Gasteiger partial charge in [-0.3, -0.25) is 19.4 Å². The Bertz CT molecular complexity index is 666. The van der Waals surface area contributed by atoms with Crippen molar-refractivity contribution in [2.24, 2.45) is 0 Å². The van der Waals surface area contributed by atoms with Gasteiger partial charge in [-0.05, 0) is 55.6 Å². The molecule has 4 amide bonds. The van der Waals surface area contributed by atoms with E-state index in [9.17, 15) is 14.4 Å². The number of nitrogens with zero attached hydrogens (tertiary/aromatic N) is 2. The Morgan fingerprint density at radius 2 is 1.45 bits per heavy atom. The maximum absolute atomic E-state index is 12.1. The van der Waals surface area contributed by atoms with E-state index in [1.807, 2.05) is 0 Å². The Morgan fingerprint density at radius 3 is 1.86 bits per heavy atom. The number of carbonyl (C=O) groups is 3. The number of hydrogen-bond donors (Lipinski definition) is 0. The molecule has 6 nitrogen and oxygen atoms in total. The number of carbonyl (C=O) groups excluding carboxylic acids is 3. The minimum atomic E-state index is -0.649. The zero-order valence-corrected chi connectivity index (χ0v) is 15.2. The molecule has 0 aliphatic carbocycles. The van der Waals surface area contributed by atoms with Crippen molar-refractivity contribution in [2.45, 2.75) is 0 Å². The average Bonchev–Trinajstić information content (AvgIpc) is 2.47. The molecule has 1 aromatic rings. The van der Waals surface area contributed by atoms with E-state index >= 15 is 0 Å². The summed E-state index contributed by atoms with van der Waals surface area (Å²) in [6.07, 6.45) is 1.44. The molecular weight excluding hydrogens is 420 g/mol. The molecule has 0 spiro atoms. The quantitative estimate of drug-likeness (QED) is 0.533. The third-order valence-corrected chi connectivity index (χ3v) is 4.36. The smallest absolute Gasteiger partial charge is 0.333 e. The zero-order chi connectivity index (χ0) is 16.6. The molecule has 0 aromatic heterocycles. The summed E-state index contributed by atoms with van der Waals surface area (Å²) in [5.41, 5.74) is 0.543.